The third-order valence-corrected chi connectivity index (χ3v) is 2.95. The maximum Gasteiger partial charge on any atom is -0.0173 e. The third-order valence-electron chi connectivity index (χ3n) is 2.95. The molecular weight excluding hydrogens is 168 g/mol. The van der Waals surface area contributed by atoms with Crippen molar-refractivity contribution >= 4 is 0 Å². The van der Waals surface area contributed by atoms with E-state index in [1.54, 1.807) is 0 Å². The molecule has 0 amide bonds. The van der Waals surface area contributed by atoms with Gasteiger partial charge in [0.2, 0.25) is 0 Å². The molecule has 0 heteroatoms. The van der Waals surface area contributed by atoms with Gasteiger partial charge in [-0.25, -0.2) is 0 Å². The van der Waals surface area contributed by atoms with E-state index in [1.165, 1.54) is 11.1 Å². The molecule has 82 valence electrons. The Balaban J connectivity index is 4.73. The largest absolute Gasteiger partial charge is 0.0680 e. The second kappa shape index (κ2) is 4.33. The summed E-state index contributed by atoms with van der Waals surface area (Å²) in [5, 5.41) is 0. The smallest absolute Gasteiger partial charge is 0.0173 e. The van der Waals surface area contributed by atoms with Gasteiger partial charge >= 0.3 is 0 Å². The molecule has 0 saturated carbocycles. The van der Waals surface area contributed by atoms with Crippen LogP contribution in [0.15, 0.2) is 23.3 Å². The highest BCUT2D eigenvalue weighted by molar-refractivity contribution is 5.21. The third kappa shape index (κ3) is 4.64. The van der Waals surface area contributed by atoms with Crippen LogP contribution in [0.4, 0.5) is 0 Å². The lowest BCUT2D eigenvalue weighted by molar-refractivity contribution is 0.498. The molecule has 0 aromatic carbocycles. The minimum absolute atomic E-state index is 0.286. The van der Waals surface area contributed by atoms with Crippen molar-refractivity contribution in [1.82, 2.24) is 0 Å². The van der Waals surface area contributed by atoms with Gasteiger partial charge in [0, 0.05) is 0 Å². The first-order valence-corrected chi connectivity index (χ1v) is 5.41. The quantitative estimate of drug-likeness (QED) is 0.517. The first-order valence-electron chi connectivity index (χ1n) is 5.41. The van der Waals surface area contributed by atoms with Gasteiger partial charge in [-0.05, 0) is 24.7 Å². The molecular formula is C14H26. The van der Waals surface area contributed by atoms with Crippen LogP contribution in [0.5, 0.6) is 0 Å². The van der Waals surface area contributed by atoms with E-state index in [0.29, 0.717) is 0 Å². The van der Waals surface area contributed by atoms with Crippen molar-refractivity contribution < 1.29 is 0 Å². The molecule has 0 nitrogen and oxygen atoms in total. The molecule has 0 atom stereocenters. The molecule has 0 aliphatic heterocycles. The Morgan fingerprint density at radius 3 is 1.00 bits per heavy atom. The Morgan fingerprint density at radius 1 is 0.643 bits per heavy atom. The van der Waals surface area contributed by atoms with Gasteiger partial charge in [-0.15, -0.1) is 0 Å². The molecule has 0 saturated heterocycles. The number of hydrogen-bond acceptors (Lipinski definition) is 0. The maximum atomic E-state index is 2.25. The average Bonchev–Trinajstić information content (AvgIpc) is 1.95. The molecule has 0 N–H and O–H groups in total. The van der Waals surface area contributed by atoms with Gasteiger partial charge in [-0.1, -0.05) is 64.8 Å². The molecule has 0 bridgehead atoms. The van der Waals surface area contributed by atoms with Crippen molar-refractivity contribution in [2.75, 3.05) is 0 Å². The number of allylic oxidation sites excluding steroid dienone is 4. The molecule has 0 aromatic rings. The Kier molecular flexibility index (Phi) is 4.17. The summed E-state index contributed by atoms with van der Waals surface area (Å²) in [6.45, 7) is 17.9. The SMILES string of the molecule is C/C(=C/C=C(/C)C(C)(C)C)C(C)(C)C. The van der Waals surface area contributed by atoms with E-state index in [9.17, 15) is 0 Å². The second-order valence-electron chi connectivity index (χ2n) is 6.20. The molecule has 0 aliphatic rings. The number of hydrogen-bond donors (Lipinski definition) is 0. The highest BCUT2D eigenvalue weighted by atomic mass is 14.2. The van der Waals surface area contributed by atoms with Crippen molar-refractivity contribution in [2.45, 2.75) is 55.4 Å². The van der Waals surface area contributed by atoms with Gasteiger partial charge < -0.3 is 0 Å². The van der Waals surface area contributed by atoms with Gasteiger partial charge in [-0.3, -0.25) is 0 Å². The Labute approximate surface area is 90.1 Å². The monoisotopic (exact) mass is 194 g/mol. The topological polar surface area (TPSA) is 0 Å². The lowest BCUT2D eigenvalue weighted by Gasteiger charge is -2.21. The normalized spacial score (nSPS) is 16.0. The van der Waals surface area contributed by atoms with Crippen LogP contribution in [0.1, 0.15) is 55.4 Å². The summed E-state index contributed by atoms with van der Waals surface area (Å²) in [6.07, 6.45) is 4.50. The molecule has 0 fully saturated rings. The molecule has 0 unspecified atom stereocenters. The lowest BCUT2D eigenvalue weighted by atomic mass is 9.85. The summed E-state index contributed by atoms with van der Waals surface area (Å²) < 4.78 is 0. The highest BCUT2D eigenvalue weighted by Crippen LogP contribution is 2.27. The highest BCUT2D eigenvalue weighted by Gasteiger charge is 2.13. The van der Waals surface area contributed by atoms with Crippen LogP contribution in [-0.4, -0.2) is 0 Å². The predicted molar refractivity (Wildman–Crippen MR) is 66.4 cm³/mol. The molecule has 0 spiro atoms. The Hall–Kier alpha value is -0.520. The van der Waals surface area contributed by atoms with Crippen LogP contribution < -0.4 is 0 Å². The molecule has 14 heavy (non-hydrogen) atoms. The van der Waals surface area contributed by atoms with Gasteiger partial charge in [0.05, 0.1) is 0 Å². The van der Waals surface area contributed by atoms with Crippen LogP contribution in [0.3, 0.4) is 0 Å². The first kappa shape index (κ1) is 13.5. The van der Waals surface area contributed by atoms with Crippen LogP contribution >= 0.6 is 0 Å². The van der Waals surface area contributed by atoms with E-state index in [2.05, 4.69) is 67.5 Å². The number of rotatable bonds is 1. The van der Waals surface area contributed by atoms with Gasteiger partial charge in [0.25, 0.3) is 0 Å². The molecule has 0 rings (SSSR count). The summed E-state index contributed by atoms with van der Waals surface area (Å²) in [5.74, 6) is 0. The molecule has 0 heterocycles. The van der Waals surface area contributed by atoms with E-state index in [4.69, 9.17) is 0 Å². The zero-order chi connectivity index (χ0) is 11.6. The minimum atomic E-state index is 0.286. The van der Waals surface area contributed by atoms with Crippen molar-refractivity contribution in [2.24, 2.45) is 10.8 Å². The zero-order valence-corrected chi connectivity index (χ0v) is 11.2. The van der Waals surface area contributed by atoms with Crippen molar-refractivity contribution in [3.63, 3.8) is 0 Å². The van der Waals surface area contributed by atoms with E-state index in [1.807, 2.05) is 0 Å². The van der Waals surface area contributed by atoms with Crippen molar-refractivity contribution in [3.05, 3.63) is 23.3 Å². The minimum Gasteiger partial charge on any atom is -0.0680 e. The predicted octanol–water partition coefficient (Wildman–Crippen LogP) is 4.97. The average molecular weight is 194 g/mol. The van der Waals surface area contributed by atoms with Crippen molar-refractivity contribution in [1.29, 1.82) is 0 Å². The summed E-state index contributed by atoms with van der Waals surface area (Å²) in [5.41, 5.74) is 3.44. The molecule has 0 radical (unpaired) electrons. The fourth-order valence-corrected chi connectivity index (χ4v) is 0.750. The van der Waals surface area contributed by atoms with Gasteiger partial charge in [-0.2, -0.15) is 0 Å². The molecule has 0 aliphatic carbocycles. The summed E-state index contributed by atoms with van der Waals surface area (Å²) in [6, 6.07) is 0. The van der Waals surface area contributed by atoms with E-state index in [0.717, 1.165) is 0 Å². The summed E-state index contributed by atoms with van der Waals surface area (Å²) in [4.78, 5) is 0. The lowest BCUT2D eigenvalue weighted by Crippen LogP contribution is -2.08. The van der Waals surface area contributed by atoms with Crippen LogP contribution in [-0.2, 0) is 0 Å². The maximum absolute atomic E-state index is 2.25. The molecule has 0 aromatic heterocycles. The summed E-state index contributed by atoms with van der Waals surface area (Å²) >= 11 is 0. The van der Waals surface area contributed by atoms with E-state index in [-0.39, 0.29) is 10.8 Å². The van der Waals surface area contributed by atoms with Crippen LogP contribution in [0.25, 0.3) is 0 Å². The first-order chi connectivity index (χ1) is 6.05. The standard InChI is InChI=1S/C14H26/c1-11(13(3,4)5)9-10-12(2)14(6,7)8/h9-10H,1-8H3/b11-9-,12-10-. The van der Waals surface area contributed by atoms with E-state index < -0.39 is 0 Å². The van der Waals surface area contributed by atoms with E-state index >= 15 is 0 Å². The van der Waals surface area contributed by atoms with Gasteiger partial charge in [0.1, 0.15) is 0 Å². The fourth-order valence-electron chi connectivity index (χ4n) is 0.750. The summed E-state index contributed by atoms with van der Waals surface area (Å²) in [7, 11) is 0. The van der Waals surface area contributed by atoms with Crippen molar-refractivity contribution in [3.8, 4) is 0 Å². The fraction of sp³-hybridized carbons (Fsp3) is 0.714. The van der Waals surface area contributed by atoms with Crippen LogP contribution in [0.2, 0.25) is 0 Å². The van der Waals surface area contributed by atoms with Gasteiger partial charge in [0.15, 0.2) is 0 Å². The van der Waals surface area contributed by atoms with Crippen LogP contribution in [0, 0.1) is 10.8 Å². The zero-order valence-electron chi connectivity index (χ0n) is 11.2. The second-order valence-corrected chi connectivity index (χ2v) is 6.20. The Bertz CT molecular complexity index is 210. The Morgan fingerprint density at radius 2 is 0.857 bits per heavy atom.